The van der Waals surface area contributed by atoms with Crippen LogP contribution in [0.5, 0.6) is 17.2 Å². The van der Waals surface area contributed by atoms with E-state index < -0.39 is 0 Å². The van der Waals surface area contributed by atoms with E-state index in [1.54, 1.807) is 21.3 Å². The Balaban J connectivity index is 1.29. The maximum Gasteiger partial charge on any atom is 0.227 e. The maximum absolute atomic E-state index is 12.9. The number of fused-ring (bicyclic) bond motifs is 2. The molecule has 0 spiro atoms. The summed E-state index contributed by atoms with van der Waals surface area (Å²) in [6.45, 7) is 9.65. The molecule has 1 aliphatic carbocycles. The molecule has 188 valence electrons. The second-order valence-corrected chi connectivity index (χ2v) is 9.83. The third-order valence-corrected chi connectivity index (χ3v) is 7.38. The molecule has 1 aliphatic heterocycles. The summed E-state index contributed by atoms with van der Waals surface area (Å²) >= 11 is 0. The molecule has 0 radical (unpaired) electrons. The van der Waals surface area contributed by atoms with Gasteiger partial charge >= 0.3 is 0 Å². The van der Waals surface area contributed by atoms with E-state index in [1.807, 2.05) is 24.0 Å². The Morgan fingerprint density at radius 2 is 1.69 bits per heavy atom. The fourth-order valence-electron chi connectivity index (χ4n) is 5.36. The molecule has 0 fully saturated rings. The Kier molecular flexibility index (Phi) is 7.70. The third-order valence-electron chi connectivity index (χ3n) is 7.38. The molecule has 2 aromatic carbocycles. The van der Waals surface area contributed by atoms with Gasteiger partial charge in [-0.05, 0) is 91.9 Å². The molecule has 0 bridgehead atoms. The minimum Gasteiger partial charge on any atom is -0.496 e. The molecule has 0 aromatic heterocycles. The van der Waals surface area contributed by atoms with Gasteiger partial charge in [-0.1, -0.05) is 6.58 Å². The van der Waals surface area contributed by atoms with Gasteiger partial charge in [0.25, 0.3) is 0 Å². The van der Waals surface area contributed by atoms with Crippen molar-refractivity contribution in [2.24, 2.45) is 0 Å². The van der Waals surface area contributed by atoms with Crippen molar-refractivity contribution in [1.82, 2.24) is 9.80 Å². The van der Waals surface area contributed by atoms with Gasteiger partial charge in [0.15, 0.2) is 11.5 Å². The SMILES string of the molecule is C=C(C)c1cc2c(cc1OC)C[C@@H]2CN(C)CCCN1CCc2cc(OC)c(OC)cc2CC1=O. The highest BCUT2D eigenvalue weighted by molar-refractivity contribution is 5.80. The predicted octanol–water partition coefficient (Wildman–Crippen LogP) is 4.33. The number of benzene rings is 2. The largest absolute Gasteiger partial charge is 0.496 e. The van der Waals surface area contributed by atoms with Crippen molar-refractivity contribution < 1.29 is 19.0 Å². The highest BCUT2D eigenvalue weighted by atomic mass is 16.5. The number of ether oxygens (including phenoxy) is 3. The number of likely N-dealkylation sites (N-methyl/N-ethyl adjacent to an activating group) is 1. The molecule has 4 rings (SSSR count). The van der Waals surface area contributed by atoms with Gasteiger partial charge in [0, 0.05) is 31.1 Å². The Hall–Kier alpha value is -2.99. The van der Waals surface area contributed by atoms with E-state index in [0.717, 1.165) is 73.6 Å². The van der Waals surface area contributed by atoms with Gasteiger partial charge < -0.3 is 24.0 Å². The number of carbonyl (C=O) groups is 1. The zero-order chi connectivity index (χ0) is 25.1. The first-order valence-electron chi connectivity index (χ1n) is 12.4. The number of amides is 1. The first kappa shape index (κ1) is 25.1. The van der Waals surface area contributed by atoms with Crippen molar-refractivity contribution in [2.75, 3.05) is 54.6 Å². The number of allylic oxidation sites excluding steroid dienone is 1. The second-order valence-electron chi connectivity index (χ2n) is 9.83. The molecular formula is C29H38N2O4. The van der Waals surface area contributed by atoms with Crippen LogP contribution in [0.4, 0.5) is 0 Å². The molecule has 0 N–H and O–H groups in total. The molecule has 35 heavy (non-hydrogen) atoms. The molecule has 0 saturated carbocycles. The van der Waals surface area contributed by atoms with Crippen LogP contribution >= 0.6 is 0 Å². The summed E-state index contributed by atoms with van der Waals surface area (Å²) in [7, 11) is 7.18. The monoisotopic (exact) mass is 478 g/mol. The van der Waals surface area contributed by atoms with Gasteiger partial charge in [0.05, 0.1) is 27.8 Å². The highest BCUT2D eigenvalue weighted by Crippen LogP contribution is 2.41. The quantitative estimate of drug-likeness (QED) is 0.509. The molecule has 2 aromatic rings. The summed E-state index contributed by atoms with van der Waals surface area (Å²) in [5.41, 5.74) is 7.15. The molecule has 6 heteroatoms. The fraction of sp³-hybridized carbons (Fsp3) is 0.483. The lowest BCUT2D eigenvalue weighted by Crippen LogP contribution is -2.36. The van der Waals surface area contributed by atoms with E-state index in [-0.39, 0.29) is 5.91 Å². The van der Waals surface area contributed by atoms with Crippen LogP contribution in [0, 0.1) is 0 Å². The van der Waals surface area contributed by atoms with E-state index in [1.165, 1.54) is 16.7 Å². The lowest BCUT2D eigenvalue weighted by atomic mass is 9.75. The molecule has 1 atom stereocenters. The third kappa shape index (κ3) is 5.32. The van der Waals surface area contributed by atoms with Crippen LogP contribution in [-0.2, 0) is 24.1 Å². The zero-order valence-corrected chi connectivity index (χ0v) is 21.8. The molecule has 0 unspecified atom stereocenters. The summed E-state index contributed by atoms with van der Waals surface area (Å²) in [4.78, 5) is 17.3. The molecule has 2 aliphatic rings. The lowest BCUT2D eigenvalue weighted by molar-refractivity contribution is -0.130. The first-order chi connectivity index (χ1) is 16.8. The van der Waals surface area contributed by atoms with Crippen LogP contribution in [0.2, 0.25) is 0 Å². The molecule has 1 amide bonds. The van der Waals surface area contributed by atoms with Crippen LogP contribution in [0.1, 0.15) is 47.1 Å². The Morgan fingerprint density at radius 3 is 2.34 bits per heavy atom. The van der Waals surface area contributed by atoms with Gasteiger partial charge in [0.1, 0.15) is 5.75 Å². The standard InChI is InChI=1S/C29H38N2O4/c1-19(2)24-17-25-22(15-26(24)33-4)12-23(25)18-30(3)9-7-10-31-11-8-20-13-27(34-5)28(35-6)14-21(20)16-29(31)32/h13-15,17,23H,1,7-12,16,18H2,2-6H3/t23-/m1/s1. The zero-order valence-electron chi connectivity index (χ0n) is 21.8. The molecule has 6 nitrogen and oxygen atoms in total. The Labute approximate surface area is 209 Å². The molecule has 1 heterocycles. The van der Waals surface area contributed by atoms with Gasteiger partial charge in [-0.15, -0.1) is 0 Å². The number of hydrogen-bond acceptors (Lipinski definition) is 5. The van der Waals surface area contributed by atoms with Crippen molar-refractivity contribution in [2.45, 2.75) is 38.5 Å². The van der Waals surface area contributed by atoms with Crippen LogP contribution in [0.25, 0.3) is 5.57 Å². The van der Waals surface area contributed by atoms with E-state index >= 15 is 0 Å². The van der Waals surface area contributed by atoms with Gasteiger partial charge in [-0.3, -0.25) is 4.79 Å². The van der Waals surface area contributed by atoms with E-state index in [4.69, 9.17) is 14.2 Å². The van der Waals surface area contributed by atoms with Crippen LogP contribution in [0.15, 0.2) is 30.8 Å². The summed E-state index contributed by atoms with van der Waals surface area (Å²) in [5.74, 6) is 3.05. The Bertz CT molecular complexity index is 1110. The predicted molar refractivity (Wildman–Crippen MR) is 140 cm³/mol. The topological polar surface area (TPSA) is 51.2 Å². The van der Waals surface area contributed by atoms with E-state index in [9.17, 15) is 4.79 Å². The normalized spacial score (nSPS) is 16.8. The van der Waals surface area contributed by atoms with Gasteiger partial charge in [0.2, 0.25) is 5.91 Å². The number of carbonyl (C=O) groups excluding carboxylic acids is 1. The number of hydrogen-bond donors (Lipinski definition) is 0. The van der Waals surface area contributed by atoms with Crippen molar-refractivity contribution in [3.05, 3.63) is 58.7 Å². The summed E-state index contributed by atoms with van der Waals surface area (Å²) in [6.07, 6.45) is 3.30. The highest BCUT2D eigenvalue weighted by Gasteiger charge is 2.29. The van der Waals surface area contributed by atoms with Crippen molar-refractivity contribution in [3.8, 4) is 17.2 Å². The van der Waals surface area contributed by atoms with Gasteiger partial charge in [-0.25, -0.2) is 0 Å². The second kappa shape index (κ2) is 10.7. The maximum atomic E-state index is 12.9. The molecule has 0 saturated heterocycles. The smallest absolute Gasteiger partial charge is 0.227 e. The fourth-order valence-corrected chi connectivity index (χ4v) is 5.36. The van der Waals surface area contributed by atoms with Gasteiger partial charge in [-0.2, -0.15) is 0 Å². The van der Waals surface area contributed by atoms with E-state index in [0.29, 0.717) is 18.1 Å². The van der Waals surface area contributed by atoms with Crippen molar-refractivity contribution in [3.63, 3.8) is 0 Å². The first-order valence-corrected chi connectivity index (χ1v) is 12.4. The average Bonchev–Trinajstić information content (AvgIpc) is 2.98. The number of nitrogens with zero attached hydrogens (tertiary/aromatic N) is 2. The Morgan fingerprint density at radius 1 is 1.03 bits per heavy atom. The van der Waals surface area contributed by atoms with E-state index in [2.05, 4.69) is 30.7 Å². The van der Waals surface area contributed by atoms with Crippen LogP contribution in [-0.4, -0.2) is 70.3 Å². The minimum atomic E-state index is 0.188. The number of methoxy groups -OCH3 is 3. The minimum absolute atomic E-state index is 0.188. The summed E-state index contributed by atoms with van der Waals surface area (Å²) in [6, 6.07) is 8.40. The van der Waals surface area contributed by atoms with Crippen LogP contribution in [0.3, 0.4) is 0 Å². The number of rotatable bonds is 10. The average molecular weight is 479 g/mol. The van der Waals surface area contributed by atoms with Crippen molar-refractivity contribution in [1.29, 1.82) is 0 Å². The molecular weight excluding hydrogens is 440 g/mol. The lowest BCUT2D eigenvalue weighted by Gasteiger charge is -2.35. The van der Waals surface area contributed by atoms with Crippen molar-refractivity contribution >= 4 is 11.5 Å². The summed E-state index contributed by atoms with van der Waals surface area (Å²) < 4.78 is 16.4. The summed E-state index contributed by atoms with van der Waals surface area (Å²) in [5, 5.41) is 0. The van der Waals surface area contributed by atoms with Crippen LogP contribution < -0.4 is 14.2 Å².